The summed E-state index contributed by atoms with van der Waals surface area (Å²) in [6, 6.07) is 8.30. The largest absolute Gasteiger partial charge is 0.366 e. The van der Waals surface area contributed by atoms with E-state index in [1.165, 1.54) is 29.3 Å². The molecule has 2 N–H and O–H groups in total. The number of rotatable bonds is 5. The molecule has 1 saturated heterocycles. The van der Waals surface area contributed by atoms with E-state index >= 15 is 0 Å². The van der Waals surface area contributed by atoms with Gasteiger partial charge >= 0.3 is 0 Å². The Kier molecular flexibility index (Phi) is 6.41. The standard InChI is InChI=1S/C26H25F2N5O3/c27-19-8-16(12-29)7-18(9-19)23-5-6-36-33(23)26(35)17-3-1-15(2-4-17)13-32-14-31-22-11-21(28)20(25(30)34)10-24(22)32/h7-11,14-15,17,23H,1-6,13H2,(H2,30,34)/t15-,17-,23-/m0/s1. The van der Waals surface area contributed by atoms with Gasteiger partial charge in [0.2, 0.25) is 5.91 Å². The maximum Gasteiger partial charge on any atom is 0.251 e. The summed E-state index contributed by atoms with van der Waals surface area (Å²) >= 11 is 0. The van der Waals surface area contributed by atoms with Gasteiger partial charge in [0.25, 0.3) is 5.91 Å². The van der Waals surface area contributed by atoms with Crippen LogP contribution in [-0.4, -0.2) is 33.0 Å². The van der Waals surface area contributed by atoms with Gasteiger partial charge in [-0.2, -0.15) is 5.26 Å². The number of amides is 2. The molecule has 186 valence electrons. The van der Waals surface area contributed by atoms with Crippen LogP contribution in [0.3, 0.4) is 0 Å². The van der Waals surface area contributed by atoms with Crippen molar-refractivity contribution in [3.8, 4) is 6.07 Å². The zero-order valence-corrected chi connectivity index (χ0v) is 19.5. The van der Waals surface area contributed by atoms with Crippen molar-refractivity contribution in [2.75, 3.05) is 6.61 Å². The molecule has 36 heavy (non-hydrogen) atoms. The maximum absolute atomic E-state index is 14.0. The highest BCUT2D eigenvalue weighted by molar-refractivity contribution is 5.96. The number of hydrogen-bond acceptors (Lipinski definition) is 5. The number of nitriles is 1. The zero-order valence-electron chi connectivity index (χ0n) is 19.5. The van der Waals surface area contributed by atoms with Crippen molar-refractivity contribution < 1.29 is 23.2 Å². The molecule has 3 aromatic rings. The lowest BCUT2D eigenvalue weighted by Crippen LogP contribution is -2.37. The third kappa shape index (κ3) is 4.54. The lowest BCUT2D eigenvalue weighted by molar-refractivity contribution is -0.183. The highest BCUT2D eigenvalue weighted by atomic mass is 19.1. The van der Waals surface area contributed by atoms with Crippen molar-refractivity contribution in [1.82, 2.24) is 14.6 Å². The number of halogens is 2. The van der Waals surface area contributed by atoms with Crippen LogP contribution in [0.25, 0.3) is 11.0 Å². The van der Waals surface area contributed by atoms with E-state index in [0.717, 1.165) is 12.8 Å². The molecule has 10 heteroatoms. The van der Waals surface area contributed by atoms with Crippen molar-refractivity contribution in [3.05, 3.63) is 65.0 Å². The predicted molar refractivity (Wildman–Crippen MR) is 125 cm³/mol. The number of benzene rings is 2. The first-order chi connectivity index (χ1) is 17.3. The van der Waals surface area contributed by atoms with Gasteiger partial charge in [-0.25, -0.2) is 18.8 Å². The van der Waals surface area contributed by atoms with Crippen LogP contribution in [0.2, 0.25) is 0 Å². The SMILES string of the molecule is N#Cc1cc(F)cc([C@@H]2CCON2C(=O)[C@H]2CC[C@H](Cn3cnc4cc(F)c(C(N)=O)cc43)CC2)c1. The van der Waals surface area contributed by atoms with Gasteiger partial charge in [-0.1, -0.05) is 0 Å². The van der Waals surface area contributed by atoms with Gasteiger partial charge in [-0.05, 0) is 61.4 Å². The van der Waals surface area contributed by atoms with E-state index in [4.69, 9.17) is 15.8 Å². The fourth-order valence-electron chi connectivity index (χ4n) is 5.32. The molecule has 5 rings (SSSR count). The van der Waals surface area contributed by atoms with Crippen molar-refractivity contribution in [2.45, 2.75) is 44.7 Å². The van der Waals surface area contributed by atoms with Crippen LogP contribution in [0.5, 0.6) is 0 Å². The molecule has 1 aliphatic heterocycles. The Morgan fingerprint density at radius 3 is 2.61 bits per heavy atom. The first-order valence-electron chi connectivity index (χ1n) is 11.9. The van der Waals surface area contributed by atoms with E-state index < -0.39 is 23.6 Å². The van der Waals surface area contributed by atoms with Gasteiger partial charge < -0.3 is 10.3 Å². The maximum atomic E-state index is 14.0. The summed E-state index contributed by atoms with van der Waals surface area (Å²) in [6.07, 6.45) is 5.13. The normalized spacial score (nSPS) is 22.0. The number of carbonyl (C=O) groups excluding carboxylic acids is 2. The molecule has 0 unspecified atom stereocenters. The first-order valence-corrected chi connectivity index (χ1v) is 11.9. The number of nitrogens with two attached hydrogens (primary N) is 1. The smallest absolute Gasteiger partial charge is 0.251 e. The minimum atomic E-state index is -0.828. The second-order valence-corrected chi connectivity index (χ2v) is 9.49. The molecule has 1 aliphatic carbocycles. The van der Waals surface area contributed by atoms with Crippen molar-refractivity contribution >= 4 is 22.8 Å². The summed E-state index contributed by atoms with van der Waals surface area (Å²) in [5.41, 5.74) is 6.98. The number of nitrogens with zero attached hydrogens (tertiary/aromatic N) is 4. The highest BCUT2D eigenvalue weighted by Gasteiger charge is 2.37. The third-order valence-electron chi connectivity index (χ3n) is 7.18. The monoisotopic (exact) mass is 493 g/mol. The quantitative estimate of drug-likeness (QED) is 0.577. The van der Waals surface area contributed by atoms with E-state index in [9.17, 15) is 18.4 Å². The minimum Gasteiger partial charge on any atom is -0.366 e. The summed E-state index contributed by atoms with van der Waals surface area (Å²) < 4.78 is 29.9. The Labute approximate surface area is 206 Å². The molecular weight excluding hydrogens is 468 g/mol. The van der Waals surface area contributed by atoms with Crippen LogP contribution in [-0.2, 0) is 16.2 Å². The molecule has 2 heterocycles. The Morgan fingerprint density at radius 2 is 1.89 bits per heavy atom. The molecule has 2 aliphatic rings. The average Bonchev–Trinajstić information content (AvgIpc) is 3.50. The molecule has 8 nitrogen and oxygen atoms in total. The van der Waals surface area contributed by atoms with Crippen LogP contribution in [0.1, 0.15) is 59.6 Å². The van der Waals surface area contributed by atoms with Crippen LogP contribution in [0.15, 0.2) is 36.7 Å². The molecule has 1 atom stereocenters. The van der Waals surface area contributed by atoms with Crippen molar-refractivity contribution in [2.24, 2.45) is 17.6 Å². The second-order valence-electron chi connectivity index (χ2n) is 9.49. The molecular formula is C26H25F2N5O3. The molecule has 0 bridgehead atoms. The Balaban J connectivity index is 1.24. The fraction of sp³-hybridized carbons (Fsp3) is 0.385. The summed E-state index contributed by atoms with van der Waals surface area (Å²) in [6.45, 7) is 0.982. The molecule has 1 saturated carbocycles. The summed E-state index contributed by atoms with van der Waals surface area (Å²) in [7, 11) is 0. The number of hydroxylamine groups is 2. The molecule has 1 aromatic heterocycles. The second kappa shape index (κ2) is 9.66. The summed E-state index contributed by atoms with van der Waals surface area (Å²) in [4.78, 5) is 34.7. The zero-order chi connectivity index (χ0) is 25.4. The van der Waals surface area contributed by atoms with Crippen molar-refractivity contribution in [1.29, 1.82) is 5.26 Å². The minimum absolute atomic E-state index is 0.117. The molecule has 0 radical (unpaired) electrons. The van der Waals surface area contributed by atoms with E-state index in [1.807, 2.05) is 10.6 Å². The lowest BCUT2D eigenvalue weighted by Gasteiger charge is -2.32. The average molecular weight is 494 g/mol. The molecule has 0 spiro atoms. The number of primary amides is 1. The fourth-order valence-corrected chi connectivity index (χ4v) is 5.32. The summed E-state index contributed by atoms with van der Waals surface area (Å²) in [5.74, 6) is -2.07. The lowest BCUT2D eigenvalue weighted by atomic mass is 9.81. The van der Waals surface area contributed by atoms with Gasteiger partial charge in [0.15, 0.2) is 0 Å². The topological polar surface area (TPSA) is 114 Å². The predicted octanol–water partition coefficient (Wildman–Crippen LogP) is 4.00. The van der Waals surface area contributed by atoms with Crippen LogP contribution >= 0.6 is 0 Å². The Morgan fingerprint density at radius 1 is 1.11 bits per heavy atom. The van der Waals surface area contributed by atoms with Crippen LogP contribution in [0.4, 0.5) is 8.78 Å². The number of aromatic nitrogens is 2. The number of carbonyl (C=O) groups is 2. The van der Waals surface area contributed by atoms with Crippen LogP contribution < -0.4 is 5.73 Å². The summed E-state index contributed by atoms with van der Waals surface area (Å²) in [5, 5.41) is 10.5. The first kappa shape index (κ1) is 23.9. The van der Waals surface area contributed by atoms with Gasteiger partial charge in [-0.3, -0.25) is 14.4 Å². The van der Waals surface area contributed by atoms with Gasteiger partial charge in [0.1, 0.15) is 11.6 Å². The number of hydrogen-bond donors (Lipinski definition) is 1. The highest BCUT2D eigenvalue weighted by Crippen LogP contribution is 2.37. The van der Waals surface area contributed by atoms with E-state index in [-0.39, 0.29) is 28.9 Å². The van der Waals surface area contributed by atoms with Gasteiger partial charge in [0, 0.05) is 24.9 Å². The van der Waals surface area contributed by atoms with E-state index in [2.05, 4.69) is 4.98 Å². The van der Waals surface area contributed by atoms with Crippen molar-refractivity contribution in [3.63, 3.8) is 0 Å². The molecule has 2 fully saturated rings. The molecule has 2 amide bonds. The Bertz CT molecular complexity index is 1370. The van der Waals surface area contributed by atoms with E-state index in [1.54, 1.807) is 12.4 Å². The van der Waals surface area contributed by atoms with E-state index in [0.29, 0.717) is 49.0 Å². The van der Waals surface area contributed by atoms with Crippen LogP contribution in [0, 0.1) is 34.8 Å². The number of fused-ring (bicyclic) bond motifs is 1. The number of imidazole rings is 1. The third-order valence-corrected chi connectivity index (χ3v) is 7.18. The Hall–Kier alpha value is -3.84. The van der Waals surface area contributed by atoms with Gasteiger partial charge in [0.05, 0.1) is 47.2 Å². The molecule has 2 aromatic carbocycles. The van der Waals surface area contributed by atoms with Gasteiger partial charge in [-0.15, -0.1) is 0 Å².